The molecule has 1 saturated heterocycles. The van der Waals surface area contributed by atoms with Gasteiger partial charge in [-0.2, -0.15) is 9.29 Å². The first kappa shape index (κ1) is 20.4. The Morgan fingerprint density at radius 2 is 1.77 bits per heavy atom. The third-order valence-electron chi connectivity index (χ3n) is 5.00. The van der Waals surface area contributed by atoms with Crippen molar-refractivity contribution in [2.24, 2.45) is 0 Å². The number of rotatable bonds is 3. The summed E-state index contributed by atoms with van der Waals surface area (Å²) in [5.41, 5.74) is 1.60. The quantitative estimate of drug-likeness (QED) is 0.620. The summed E-state index contributed by atoms with van der Waals surface area (Å²) in [6.45, 7) is 4.69. The molecule has 1 aliphatic rings. The number of hydrogen-bond donors (Lipinski definition) is 0. The molecule has 0 radical (unpaired) electrons. The zero-order valence-corrected chi connectivity index (χ0v) is 17.4. The Bertz CT molecular complexity index is 1210. The van der Waals surface area contributed by atoms with Gasteiger partial charge in [0.05, 0.1) is 4.90 Å². The van der Waals surface area contributed by atoms with E-state index in [0.717, 1.165) is 23.5 Å². The molecule has 0 atom stereocenters. The van der Waals surface area contributed by atoms with Gasteiger partial charge in [0, 0.05) is 37.6 Å². The van der Waals surface area contributed by atoms with Crippen molar-refractivity contribution in [3.05, 3.63) is 53.4 Å². The van der Waals surface area contributed by atoms with Crippen molar-refractivity contribution in [3.8, 4) is 0 Å². The van der Waals surface area contributed by atoms with Crippen LogP contribution in [0.5, 0.6) is 0 Å². The van der Waals surface area contributed by atoms with Gasteiger partial charge in [0.1, 0.15) is 5.82 Å². The molecule has 1 aromatic carbocycles. The molecule has 11 heteroatoms. The lowest BCUT2D eigenvalue weighted by molar-refractivity contribution is 0.0752. The summed E-state index contributed by atoms with van der Waals surface area (Å²) in [6.07, 6.45) is 0.468. The van der Waals surface area contributed by atoms with E-state index < -0.39 is 15.8 Å². The van der Waals surface area contributed by atoms with Gasteiger partial charge < -0.3 is 4.90 Å². The normalized spacial score (nSPS) is 16.0. The molecule has 0 spiro atoms. The number of aryl methyl sites for hydroxylation is 2. The average molecular weight is 432 g/mol. The molecule has 1 fully saturated rings. The van der Waals surface area contributed by atoms with Crippen molar-refractivity contribution in [2.45, 2.75) is 25.2 Å². The molecule has 3 aromatic rings. The van der Waals surface area contributed by atoms with E-state index in [2.05, 4.69) is 15.1 Å². The first-order valence-electron chi connectivity index (χ1n) is 9.52. The molecule has 30 heavy (non-hydrogen) atoms. The SMILES string of the molecule is Cc1cc(C)n2nc(C(=O)N3CCCN(S(=O)(=O)c4ccc(F)cc4)CC3)nc2n1. The van der Waals surface area contributed by atoms with Crippen LogP contribution in [-0.4, -0.2) is 69.3 Å². The Balaban J connectivity index is 1.52. The summed E-state index contributed by atoms with van der Waals surface area (Å²) in [4.78, 5) is 23.1. The number of aromatic nitrogens is 4. The van der Waals surface area contributed by atoms with Crippen molar-refractivity contribution in [1.29, 1.82) is 0 Å². The van der Waals surface area contributed by atoms with Crippen LogP contribution in [0.1, 0.15) is 28.4 Å². The van der Waals surface area contributed by atoms with Gasteiger partial charge in [0.2, 0.25) is 15.8 Å². The molecule has 0 unspecified atom stereocenters. The molecule has 0 saturated carbocycles. The number of halogens is 1. The summed E-state index contributed by atoms with van der Waals surface area (Å²) in [5, 5.41) is 4.27. The number of hydrogen-bond acceptors (Lipinski definition) is 6. The zero-order valence-electron chi connectivity index (χ0n) is 16.6. The third-order valence-corrected chi connectivity index (χ3v) is 6.92. The Morgan fingerprint density at radius 3 is 2.50 bits per heavy atom. The maximum atomic E-state index is 13.1. The second-order valence-electron chi connectivity index (χ2n) is 7.19. The Labute approximate surface area is 173 Å². The number of fused-ring (bicyclic) bond motifs is 1. The van der Waals surface area contributed by atoms with Gasteiger partial charge in [0.25, 0.3) is 11.7 Å². The highest BCUT2D eigenvalue weighted by molar-refractivity contribution is 7.89. The molecular formula is C19H21FN6O3S. The summed E-state index contributed by atoms with van der Waals surface area (Å²) < 4.78 is 41.7. The van der Waals surface area contributed by atoms with E-state index in [0.29, 0.717) is 18.7 Å². The van der Waals surface area contributed by atoms with Crippen LogP contribution in [0.2, 0.25) is 0 Å². The van der Waals surface area contributed by atoms with Gasteiger partial charge in [-0.05, 0) is 50.6 Å². The fourth-order valence-electron chi connectivity index (χ4n) is 3.49. The zero-order chi connectivity index (χ0) is 21.5. The molecule has 1 amide bonds. The lowest BCUT2D eigenvalue weighted by atomic mass is 10.3. The summed E-state index contributed by atoms with van der Waals surface area (Å²) in [7, 11) is -3.76. The summed E-state index contributed by atoms with van der Waals surface area (Å²) >= 11 is 0. The molecule has 3 heterocycles. The smallest absolute Gasteiger partial charge is 0.293 e. The van der Waals surface area contributed by atoms with Gasteiger partial charge >= 0.3 is 0 Å². The first-order chi connectivity index (χ1) is 14.3. The number of benzene rings is 1. The maximum Gasteiger partial charge on any atom is 0.293 e. The molecule has 9 nitrogen and oxygen atoms in total. The Hall–Kier alpha value is -2.92. The average Bonchev–Trinajstić information content (AvgIpc) is 2.96. The van der Waals surface area contributed by atoms with E-state index in [9.17, 15) is 17.6 Å². The minimum atomic E-state index is -3.76. The van der Waals surface area contributed by atoms with Crippen LogP contribution in [0.25, 0.3) is 5.78 Å². The van der Waals surface area contributed by atoms with E-state index in [4.69, 9.17) is 0 Å². The molecule has 1 aliphatic heterocycles. The molecule has 4 rings (SSSR count). The molecule has 0 N–H and O–H groups in total. The van der Waals surface area contributed by atoms with Gasteiger partial charge in [-0.3, -0.25) is 4.79 Å². The predicted octanol–water partition coefficient (Wildman–Crippen LogP) is 1.42. The minimum Gasteiger partial charge on any atom is -0.334 e. The number of carbonyl (C=O) groups excluding carboxylic acids is 1. The Morgan fingerprint density at radius 1 is 1.03 bits per heavy atom. The van der Waals surface area contributed by atoms with Crippen LogP contribution in [0.15, 0.2) is 35.2 Å². The lowest BCUT2D eigenvalue weighted by Gasteiger charge is -2.21. The van der Waals surface area contributed by atoms with Crippen molar-refractivity contribution in [1.82, 2.24) is 28.8 Å². The van der Waals surface area contributed by atoms with Crippen LogP contribution in [0.3, 0.4) is 0 Å². The van der Waals surface area contributed by atoms with E-state index >= 15 is 0 Å². The van der Waals surface area contributed by atoms with Gasteiger partial charge in [-0.1, -0.05) is 0 Å². The Kier molecular flexibility index (Phi) is 5.24. The minimum absolute atomic E-state index is 0.0302. The van der Waals surface area contributed by atoms with Crippen molar-refractivity contribution in [3.63, 3.8) is 0 Å². The molecule has 0 bridgehead atoms. The van der Waals surface area contributed by atoms with Crippen LogP contribution in [-0.2, 0) is 10.0 Å². The van der Waals surface area contributed by atoms with Crippen LogP contribution >= 0.6 is 0 Å². The highest BCUT2D eigenvalue weighted by atomic mass is 32.2. The lowest BCUT2D eigenvalue weighted by Crippen LogP contribution is -2.37. The molecule has 158 valence electrons. The maximum absolute atomic E-state index is 13.1. The fraction of sp³-hybridized carbons (Fsp3) is 0.368. The van der Waals surface area contributed by atoms with E-state index in [1.807, 2.05) is 19.9 Å². The number of nitrogens with zero attached hydrogens (tertiary/aromatic N) is 6. The summed E-state index contributed by atoms with van der Waals surface area (Å²) in [5.74, 6) is -0.475. The van der Waals surface area contributed by atoms with Gasteiger partial charge in [-0.25, -0.2) is 22.3 Å². The second kappa shape index (κ2) is 7.73. The van der Waals surface area contributed by atoms with Crippen LogP contribution in [0.4, 0.5) is 4.39 Å². The monoisotopic (exact) mass is 432 g/mol. The molecular weight excluding hydrogens is 411 g/mol. The fourth-order valence-corrected chi connectivity index (χ4v) is 4.96. The van der Waals surface area contributed by atoms with Gasteiger partial charge in [0.15, 0.2) is 0 Å². The van der Waals surface area contributed by atoms with Crippen molar-refractivity contribution >= 4 is 21.7 Å². The number of carbonyl (C=O) groups is 1. The van der Waals surface area contributed by atoms with E-state index in [-0.39, 0.29) is 36.3 Å². The van der Waals surface area contributed by atoms with Crippen molar-refractivity contribution < 1.29 is 17.6 Å². The number of amides is 1. The molecule has 0 aliphatic carbocycles. The van der Waals surface area contributed by atoms with Crippen LogP contribution in [0, 0.1) is 19.7 Å². The highest BCUT2D eigenvalue weighted by Crippen LogP contribution is 2.19. The van der Waals surface area contributed by atoms with E-state index in [1.54, 1.807) is 4.90 Å². The van der Waals surface area contributed by atoms with Crippen molar-refractivity contribution in [2.75, 3.05) is 26.2 Å². The predicted molar refractivity (Wildman–Crippen MR) is 106 cm³/mol. The largest absolute Gasteiger partial charge is 0.334 e. The van der Waals surface area contributed by atoms with Gasteiger partial charge in [-0.15, -0.1) is 5.10 Å². The topological polar surface area (TPSA) is 101 Å². The van der Waals surface area contributed by atoms with Crippen LogP contribution < -0.4 is 0 Å². The highest BCUT2D eigenvalue weighted by Gasteiger charge is 2.30. The molecule has 2 aromatic heterocycles. The second-order valence-corrected chi connectivity index (χ2v) is 9.13. The summed E-state index contributed by atoms with van der Waals surface area (Å²) in [6, 6.07) is 6.58. The van der Waals surface area contributed by atoms with E-state index in [1.165, 1.54) is 21.0 Å². The first-order valence-corrected chi connectivity index (χ1v) is 11.0. The number of sulfonamides is 1. The standard InChI is InChI=1S/C19H21FN6O3S/c1-13-12-14(2)26-19(21-13)22-17(23-26)18(27)24-8-3-9-25(11-10-24)30(28,29)16-6-4-15(20)5-7-16/h4-7,12H,3,8-11H2,1-2H3. The third kappa shape index (κ3) is 3.77.